The predicted octanol–water partition coefficient (Wildman–Crippen LogP) is 3.44. The van der Waals surface area contributed by atoms with Gasteiger partial charge in [-0.1, -0.05) is 30.3 Å². The third kappa shape index (κ3) is 26.2. The molecule has 0 aliphatic heterocycles. The fraction of sp³-hybridized carbons (Fsp3) is 0.333. The van der Waals surface area contributed by atoms with Crippen LogP contribution in [0, 0.1) is 63.6 Å². The second-order valence-corrected chi connectivity index (χ2v) is 5.00. The van der Waals surface area contributed by atoms with Gasteiger partial charge >= 0.3 is 67.8 Å². The minimum atomic E-state index is 0. The first-order valence-electron chi connectivity index (χ1n) is 6.96. The van der Waals surface area contributed by atoms with E-state index in [1.165, 1.54) is 31.2 Å². The van der Waals surface area contributed by atoms with Crippen molar-refractivity contribution in [3.8, 4) is 12.3 Å². The van der Waals surface area contributed by atoms with Crippen LogP contribution in [0.4, 0.5) is 0 Å². The van der Waals surface area contributed by atoms with Crippen molar-refractivity contribution < 1.29 is 61.5 Å². The zero-order valence-electron chi connectivity index (χ0n) is 15.5. The van der Waals surface area contributed by atoms with E-state index in [0.717, 1.165) is 5.92 Å². The molecule has 2 radical (unpaired) electrons. The molecule has 6 nitrogen and oxygen atoms in total. The predicted molar refractivity (Wildman–Crippen MR) is 88.0 cm³/mol. The van der Waals surface area contributed by atoms with Crippen LogP contribution in [0.2, 0.25) is 0 Å². The van der Waals surface area contributed by atoms with Crippen molar-refractivity contribution in [3.05, 3.63) is 75.8 Å². The zero-order valence-corrected chi connectivity index (χ0v) is 17.6. The van der Waals surface area contributed by atoms with Gasteiger partial charge in [-0.25, -0.2) is 0 Å². The maximum absolute atomic E-state index is 7.50. The number of terminal acetylenes is 1. The Kier molecular flexibility index (Phi) is 64.4. The number of hydrogen-bond donors (Lipinski definition) is 0. The summed E-state index contributed by atoms with van der Waals surface area (Å²) in [4.78, 5) is 0. The molecule has 1 fully saturated rings. The quantitative estimate of drug-likeness (QED) is 0.355. The molecule has 1 aromatic rings. The van der Waals surface area contributed by atoms with E-state index in [1.807, 2.05) is 0 Å². The van der Waals surface area contributed by atoms with Gasteiger partial charge in [-0.2, -0.15) is 0 Å². The largest absolute Gasteiger partial charge is 0 e. The first kappa shape index (κ1) is 45.8. The molecule has 1 aromatic carbocycles. The molecule has 2 rings (SSSR count). The summed E-state index contributed by atoms with van der Waals surface area (Å²) in [5.41, 5.74) is 1.66. The van der Waals surface area contributed by atoms with E-state index in [4.69, 9.17) is 34.3 Å². The van der Waals surface area contributed by atoms with Crippen LogP contribution in [0.1, 0.15) is 31.7 Å². The standard InChI is InChI=1S/C15H18.6CO.2Co/c1-3-15(2)11-14(12-15)10-9-13-7-5-4-6-8-13;6*1-2;;/h1,4-8,14H,9-12H2,2H3;;;;;;;;. The van der Waals surface area contributed by atoms with E-state index in [0.29, 0.717) is 0 Å². The van der Waals surface area contributed by atoms with Crippen LogP contribution in [0.5, 0.6) is 0 Å². The molecule has 1 saturated carbocycles. The Hall–Kier alpha value is -1.77. The van der Waals surface area contributed by atoms with Crippen LogP contribution in [-0.2, 0) is 67.9 Å². The van der Waals surface area contributed by atoms with E-state index in [2.05, 4.69) is 83.1 Å². The Bertz CT molecular complexity index is 557. The molecular formula is C21H18Co2O6. The van der Waals surface area contributed by atoms with Crippen molar-refractivity contribution >= 4 is 0 Å². The van der Waals surface area contributed by atoms with E-state index in [9.17, 15) is 0 Å². The van der Waals surface area contributed by atoms with Gasteiger partial charge in [-0.05, 0) is 44.1 Å². The van der Waals surface area contributed by atoms with Crippen molar-refractivity contribution in [2.24, 2.45) is 11.3 Å². The van der Waals surface area contributed by atoms with Gasteiger partial charge in [0.2, 0.25) is 0 Å². The Balaban J connectivity index is -0.0000000601. The van der Waals surface area contributed by atoms with E-state index >= 15 is 0 Å². The third-order valence-corrected chi connectivity index (χ3v) is 3.51. The maximum atomic E-state index is 7.50. The van der Waals surface area contributed by atoms with Gasteiger partial charge in [0.25, 0.3) is 0 Å². The molecule has 29 heavy (non-hydrogen) atoms. The SMILES string of the molecule is C#CC1(C)CC(CCc2ccccc2)C1.[C-]#[O+].[C-]#[O+].[C-]#[O+].[C-]#[O+].[C-]#[O+].[C-]#[O+].[Co].[Co]. The summed E-state index contributed by atoms with van der Waals surface area (Å²) < 4.78 is 45.0. The second-order valence-electron chi connectivity index (χ2n) is 5.00. The molecule has 0 spiro atoms. The molecule has 156 valence electrons. The molecule has 0 aromatic heterocycles. The Morgan fingerprint density at radius 3 is 1.48 bits per heavy atom. The van der Waals surface area contributed by atoms with Gasteiger partial charge in [0.1, 0.15) is 0 Å². The van der Waals surface area contributed by atoms with E-state index in [1.54, 1.807) is 0 Å². The number of aryl methyl sites for hydroxylation is 1. The number of benzene rings is 1. The summed E-state index contributed by atoms with van der Waals surface area (Å²) in [6.45, 7) is 29.2. The van der Waals surface area contributed by atoms with Gasteiger partial charge in [0, 0.05) is 39.0 Å². The van der Waals surface area contributed by atoms with Gasteiger partial charge in [-0.15, -0.1) is 12.3 Å². The van der Waals surface area contributed by atoms with Gasteiger partial charge in [0.15, 0.2) is 0 Å². The van der Waals surface area contributed by atoms with Crippen LogP contribution in [0.25, 0.3) is 0 Å². The van der Waals surface area contributed by atoms with Crippen molar-refractivity contribution in [3.63, 3.8) is 0 Å². The summed E-state index contributed by atoms with van der Waals surface area (Å²) in [5, 5.41) is 0. The summed E-state index contributed by atoms with van der Waals surface area (Å²) in [6.07, 6.45) is 10.4. The zero-order chi connectivity index (χ0) is 22.7. The van der Waals surface area contributed by atoms with Crippen LogP contribution >= 0.6 is 0 Å². The molecule has 0 bridgehead atoms. The van der Waals surface area contributed by atoms with Crippen molar-refractivity contribution in [1.29, 1.82) is 0 Å². The fourth-order valence-corrected chi connectivity index (χ4v) is 2.55. The Morgan fingerprint density at radius 2 is 1.17 bits per heavy atom. The van der Waals surface area contributed by atoms with Crippen LogP contribution < -0.4 is 0 Å². The van der Waals surface area contributed by atoms with Crippen LogP contribution in [-0.4, -0.2) is 0 Å². The van der Waals surface area contributed by atoms with E-state index < -0.39 is 0 Å². The number of rotatable bonds is 3. The molecule has 8 heteroatoms. The first-order valence-corrected chi connectivity index (χ1v) is 6.96. The number of hydrogen-bond acceptors (Lipinski definition) is 0. The Labute approximate surface area is 193 Å². The maximum Gasteiger partial charge on any atom is 0 e. The molecule has 1 aliphatic rings. The molecule has 0 amide bonds. The normalized spacial score (nSPS) is 15.5. The molecular weight excluding hydrogens is 466 g/mol. The molecule has 0 atom stereocenters. The first-order chi connectivity index (χ1) is 13.2. The molecule has 0 saturated heterocycles. The smallest absolute Gasteiger partial charge is 0 e. The van der Waals surface area contributed by atoms with Crippen molar-refractivity contribution in [1.82, 2.24) is 0 Å². The minimum absolute atomic E-state index is 0. The van der Waals surface area contributed by atoms with Crippen LogP contribution in [0.15, 0.2) is 30.3 Å². The van der Waals surface area contributed by atoms with E-state index in [-0.39, 0.29) is 39.0 Å². The topological polar surface area (TPSA) is 119 Å². The van der Waals surface area contributed by atoms with Crippen molar-refractivity contribution in [2.45, 2.75) is 32.6 Å². The summed E-state index contributed by atoms with van der Waals surface area (Å²) in [5.74, 6) is 3.76. The fourth-order valence-electron chi connectivity index (χ4n) is 2.55. The minimum Gasteiger partial charge on any atom is 0 e. The molecule has 0 unspecified atom stereocenters. The average molecular weight is 484 g/mol. The van der Waals surface area contributed by atoms with Gasteiger partial charge in [-0.3, -0.25) is 0 Å². The van der Waals surface area contributed by atoms with Gasteiger partial charge < -0.3 is 0 Å². The Morgan fingerprint density at radius 1 is 0.828 bits per heavy atom. The third-order valence-electron chi connectivity index (χ3n) is 3.51. The monoisotopic (exact) mass is 484 g/mol. The second kappa shape index (κ2) is 40.8. The van der Waals surface area contributed by atoms with Crippen molar-refractivity contribution in [2.75, 3.05) is 0 Å². The molecule has 0 N–H and O–H groups in total. The molecule has 0 heterocycles. The van der Waals surface area contributed by atoms with Crippen LogP contribution in [0.3, 0.4) is 0 Å². The summed E-state index contributed by atoms with van der Waals surface area (Å²) in [6, 6.07) is 10.7. The average Bonchev–Trinajstić information content (AvgIpc) is 2.79. The van der Waals surface area contributed by atoms with Gasteiger partial charge in [0.05, 0.1) is 0 Å². The summed E-state index contributed by atoms with van der Waals surface area (Å²) >= 11 is 0. The molecule has 1 aliphatic carbocycles. The summed E-state index contributed by atoms with van der Waals surface area (Å²) in [7, 11) is 0.